The number of halogens is 2. The van der Waals surface area contributed by atoms with Crippen molar-refractivity contribution in [3.8, 4) is 0 Å². The standard InChI is InChI=1S/C16H15F2N3O3S/c17-12-2-1-3-13(18)15(12)21-16(22)14-5-4-10(8-19-14)20-11-6-7-25(23,24)9-11/h1-5,8,11,20H,6-7,9H2,(H,21,22). The van der Waals surface area contributed by atoms with Gasteiger partial charge in [0.05, 0.1) is 23.4 Å². The summed E-state index contributed by atoms with van der Waals surface area (Å²) >= 11 is 0. The van der Waals surface area contributed by atoms with Crippen LogP contribution in [0.25, 0.3) is 0 Å². The predicted octanol–water partition coefficient (Wildman–Crippen LogP) is 2.21. The Balaban J connectivity index is 1.67. The van der Waals surface area contributed by atoms with Crippen LogP contribution in [0.15, 0.2) is 36.5 Å². The van der Waals surface area contributed by atoms with Crippen molar-refractivity contribution in [2.24, 2.45) is 0 Å². The zero-order chi connectivity index (χ0) is 18.0. The van der Waals surface area contributed by atoms with Gasteiger partial charge in [0.25, 0.3) is 5.91 Å². The third kappa shape index (κ3) is 4.11. The fourth-order valence-electron chi connectivity index (χ4n) is 2.55. The quantitative estimate of drug-likeness (QED) is 0.865. The van der Waals surface area contributed by atoms with Crippen LogP contribution < -0.4 is 10.6 Å². The number of para-hydroxylation sites is 1. The zero-order valence-corrected chi connectivity index (χ0v) is 13.8. The summed E-state index contributed by atoms with van der Waals surface area (Å²) in [6.07, 6.45) is 1.88. The Labute approximate surface area is 143 Å². The second-order valence-corrected chi connectivity index (χ2v) is 7.96. The number of benzene rings is 1. The van der Waals surface area contributed by atoms with Crippen molar-refractivity contribution in [2.45, 2.75) is 12.5 Å². The van der Waals surface area contributed by atoms with Crippen molar-refractivity contribution < 1.29 is 22.0 Å². The van der Waals surface area contributed by atoms with E-state index in [9.17, 15) is 22.0 Å². The Bertz CT molecular complexity index is 881. The smallest absolute Gasteiger partial charge is 0.274 e. The third-order valence-corrected chi connectivity index (χ3v) is 5.57. The number of hydrogen-bond donors (Lipinski definition) is 2. The second-order valence-electron chi connectivity index (χ2n) is 5.73. The van der Waals surface area contributed by atoms with Crippen molar-refractivity contribution >= 4 is 27.1 Å². The topological polar surface area (TPSA) is 88.2 Å². The van der Waals surface area contributed by atoms with E-state index >= 15 is 0 Å². The Morgan fingerprint density at radius 2 is 1.88 bits per heavy atom. The van der Waals surface area contributed by atoms with Crippen LogP contribution in [0.1, 0.15) is 16.9 Å². The summed E-state index contributed by atoms with van der Waals surface area (Å²) in [6.45, 7) is 0. The molecule has 1 atom stereocenters. The average Bonchev–Trinajstić information content (AvgIpc) is 2.90. The van der Waals surface area contributed by atoms with Gasteiger partial charge in [-0.3, -0.25) is 4.79 Å². The molecule has 0 radical (unpaired) electrons. The summed E-state index contributed by atoms with van der Waals surface area (Å²) in [6, 6.07) is 6.02. The molecule has 2 heterocycles. The normalized spacial score (nSPS) is 18.7. The van der Waals surface area contributed by atoms with Gasteiger partial charge in [-0.2, -0.15) is 0 Å². The number of nitrogens with zero attached hydrogens (tertiary/aromatic N) is 1. The predicted molar refractivity (Wildman–Crippen MR) is 89.2 cm³/mol. The molecule has 1 saturated heterocycles. The summed E-state index contributed by atoms with van der Waals surface area (Å²) in [5.74, 6) is -2.31. The maximum absolute atomic E-state index is 13.5. The molecular formula is C16H15F2N3O3S. The lowest BCUT2D eigenvalue weighted by molar-refractivity contribution is 0.102. The van der Waals surface area contributed by atoms with Crippen LogP contribution in [0.3, 0.4) is 0 Å². The highest BCUT2D eigenvalue weighted by atomic mass is 32.2. The van der Waals surface area contributed by atoms with Crippen LogP contribution in [0.2, 0.25) is 0 Å². The first-order valence-corrected chi connectivity index (χ1v) is 9.34. The van der Waals surface area contributed by atoms with Gasteiger partial charge in [-0.25, -0.2) is 22.2 Å². The number of amides is 1. The highest BCUT2D eigenvalue weighted by molar-refractivity contribution is 7.91. The minimum Gasteiger partial charge on any atom is -0.380 e. The maximum atomic E-state index is 13.5. The Morgan fingerprint density at radius 1 is 1.16 bits per heavy atom. The van der Waals surface area contributed by atoms with Crippen LogP contribution in [-0.4, -0.2) is 36.9 Å². The molecule has 0 spiro atoms. The second kappa shape index (κ2) is 6.75. The average molecular weight is 367 g/mol. The Morgan fingerprint density at radius 3 is 2.44 bits per heavy atom. The third-order valence-electron chi connectivity index (χ3n) is 3.80. The largest absolute Gasteiger partial charge is 0.380 e. The first-order valence-electron chi connectivity index (χ1n) is 7.52. The molecule has 1 aliphatic heterocycles. The van der Waals surface area contributed by atoms with E-state index in [0.717, 1.165) is 12.1 Å². The Kier molecular flexibility index (Phi) is 4.67. The summed E-state index contributed by atoms with van der Waals surface area (Å²) in [5.41, 5.74) is 0.00984. The lowest BCUT2D eigenvalue weighted by Crippen LogP contribution is -2.21. The van der Waals surface area contributed by atoms with Gasteiger partial charge < -0.3 is 10.6 Å². The number of carbonyl (C=O) groups is 1. The van der Waals surface area contributed by atoms with Crippen LogP contribution >= 0.6 is 0 Å². The summed E-state index contributed by atoms with van der Waals surface area (Å²) in [5, 5.41) is 5.18. The van der Waals surface area contributed by atoms with Gasteiger partial charge >= 0.3 is 0 Å². The van der Waals surface area contributed by atoms with Gasteiger partial charge in [0.2, 0.25) is 0 Å². The first kappa shape index (κ1) is 17.3. The molecule has 0 bridgehead atoms. The minimum absolute atomic E-state index is 0.0211. The van der Waals surface area contributed by atoms with Gasteiger partial charge in [0.1, 0.15) is 23.0 Å². The van der Waals surface area contributed by atoms with Crippen molar-refractivity contribution in [3.05, 3.63) is 53.9 Å². The molecule has 1 aromatic heterocycles. The van der Waals surface area contributed by atoms with Gasteiger partial charge in [-0.05, 0) is 30.7 Å². The van der Waals surface area contributed by atoms with E-state index in [1.165, 1.54) is 18.3 Å². The molecule has 2 aromatic rings. The number of anilines is 2. The van der Waals surface area contributed by atoms with E-state index in [1.54, 1.807) is 6.07 Å². The van der Waals surface area contributed by atoms with E-state index in [1.807, 2.05) is 0 Å². The summed E-state index contributed by atoms with van der Waals surface area (Å²) < 4.78 is 50.0. The monoisotopic (exact) mass is 367 g/mol. The molecule has 2 N–H and O–H groups in total. The van der Waals surface area contributed by atoms with Gasteiger partial charge in [-0.15, -0.1) is 0 Å². The van der Waals surface area contributed by atoms with Crippen molar-refractivity contribution in [3.63, 3.8) is 0 Å². The van der Waals surface area contributed by atoms with Crippen LogP contribution in [0.5, 0.6) is 0 Å². The van der Waals surface area contributed by atoms with E-state index in [-0.39, 0.29) is 23.2 Å². The van der Waals surface area contributed by atoms with Gasteiger partial charge in [0, 0.05) is 6.04 Å². The summed E-state index contributed by atoms with van der Waals surface area (Å²) in [7, 11) is -3.00. The molecule has 132 valence electrons. The molecule has 1 unspecified atom stereocenters. The van der Waals surface area contributed by atoms with E-state index in [0.29, 0.717) is 12.1 Å². The van der Waals surface area contributed by atoms with Gasteiger partial charge in [-0.1, -0.05) is 6.07 Å². The number of aromatic nitrogens is 1. The number of nitrogens with one attached hydrogen (secondary N) is 2. The zero-order valence-electron chi connectivity index (χ0n) is 13.0. The molecule has 0 saturated carbocycles. The minimum atomic E-state index is -3.00. The Hall–Kier alpha value is -2.55. The lowest BCUT2D eigenvalue weighted by Gasteiger charge is -2.12. The van der Waals surface area contributed by atoms with E-state index in [4.69, 9.17) is 0 Å². The number of hydrogen-bond acceptors (Lipinski definition) is 5. The van der Waals surface area contributed by atoms with Crippen molar-refractivity contribution in [2.75, 3.05) is 22.1 Å². The van der Waals surface area contributed by atoms with Crippen molar-refractivity contribution in [1.29, 1.82) is 0 Å². The summed E-state index contributed by atoms with van der Waals surface area (Å²) in [4.78, 5) is 16.0. The molecule has 9 heteroatoms. The maximum Gasteiger partial charge on any atom is 0.274 e. The fraction of sp³-hybridized carbons (Fsp3) is 0.250. The molecule has 0 aliphatic carbocycles. The molecular weight excluding hydrogens is 352 g/mol. The SMILES string of the molecule is O=C(Nc1c(F)cccc1F)c1ccc(NC2CCS(=O)(=O)C2)cn1. The molecule has 1 fully saturated rings. The van der Waals surface area contributed by atoms with Crippen LogP contribution in [-0.2, 0) is 9.84 Å². The van der Waals surface area contributed by atoms with Crippen LogP contribution in [0, 0.1) is 11.6 Å². The number of pyridine rings is 1. The lowest BCUT2D eigenvalue weighted by atomic mass is 10.2. The molecule has 1 aromatic carbocycles. The van der Waals surface area contributed by atoms with Crippen LogP contribution in [0.4, 0.5) is 20.2 Å². The highest BCUT2D eigenvalue weighted by Gasteiger charge is 2.27. The molecule has 1 aliphatic rings. The van der Waals surface area contributed by atoms with E-state index < -0.39 is 33.1 Å². The molecule has 3 rings (SSSR count). The number of carbonyl (C=O) groups excluding carboxylic acids is 1. The van der Waals surface area contributed by atoms with Gasteiger partial charge in [0.15, 0.2) is 9.84 Å². The van der Waals surface area contributed by atoms with E-state index in [2.05, 4.69) is 15.6 Å². The number of sulfone groups is 1. The van der Waals surface area contributed by atoms with Crippen molar-refractivity contribution in [1.82, 2.24) is 4.98 Å². The molecule has 6 nitrogen and oxygen atoms in total. The number of rotatable bonds is 4. The highest BCUT2D eigenvalue weighted by Crippen LogP contribution is 2.20. The fourth-order valence-corrected chi connectivity index (χ4v) is 4.23. The molecule has 1 amide bonds. The first-order chi connectivity index (χ1) is 11.8. The molecule has 25 heavy (non-hydrogen) atoms.